The number of para-hydroxylation sites is 1. The number of amides is 3. The highest BCUT2D eigenvalue weighted by Gasteiger charge is 2.19. The third kappa shape index (κ3) is 3.83. The fourth-order valence-corrected chi connectivity index (χ4v) is 3.51. The number of carbonyl (C=O) groups excluding carboxylic acids is 2. The summed E-state index contributed by atoms with van der Waals surface area (Å²) in [5.74, 6) is -0.418. The zero-order chi connectivity index (χ0) is 16.9. The summed E-state index contributed by atoms with van der Waals surface area (Å²) in [7, 11) is 0. The molecule has 2 heterocycles. The Balaban J connectivity index is 1.65. The number of benzene rings is 1. The molecule has 124 valence electrons. The maximum absolute atomic E-state index is 12.5. The molecule has 0 aliphatic carbocycles. The molecule has 0 unspecified atom stereocenters. The van der Waals surface area contributed by atoms with E-state index in [1.807, 2.05) is 18.2 Å². The molecule has 3 amide bonds. The number of rotatable bonds is 4. The number of carbonyl (C=O) groups is 2. The van der Waals surface area contributed by atoms with E-state index in [9.17, 15) is 9.59 Å². The number of urea groups is 1. The van der Waals surface area contributed by atoms with E-state index >= 15 is 0 Å². The van der Waals surface area contributed by atoms with E-state index in [0.29, 0.717) is 18.8 Å². The Morgan fingerprint density at radius 1 is 1.21 bits per heavy atom. The van der Waals surface area contributed by atoms with Gasteiger partial charge in [-0.1, -0.05) is 30.3 Å². The summed E-state index contributed by atoms with van der Waals surface area (Å²) in [6.45, 7) is 1.25. The van der Waals surface area contributed by atoms with Crippen molar-refractivity contribution in [3.8, 4) is 0 Å². The van der Waals surface area contributed by atoms with Crippen LogP contribution in [0.3, 0.4) is 0 Å². The molecule has 1 aliphatic rings. The first-order chi connectivity index (χ1) is 11.6. The van der Waals surface area contributed by atoms with Gasteiger partial charge in [-0.3, -0.25) is 4.79 Å². The third-order valence-corrected chi connectivity index (χ3v) is 4.90. The van der Waals surface area contributed by atoms with Crippen molar-refractivity contribution in [3.05, 3.63) is 58.3 Å². The molecule has 3 N–H and O–H groups in total. The number of anilines is 1. The Labute approximate surface area is 144 Å². The molecule has 0 bridgehead atoms. The summed E-state index contributed by atoms with van der Waals surface area (Å²) >= 11 is 1.72. The molecule has 0 fully saturated rings. The van der Waals surface area contributed by atoms with Gasteiger partial charge in [0.05, 0.1) is 6.42 Å². The summed E-state index contributed by atoms with van der Waals surface area (Å²) in [6, 6.07) is 11.2. The Kier molecular flexibility index (Phi) is 4.96. The van der Waals surface area contributed by atoms with Gasteiger partial charge in [-0.25, -0.2) is 4.79 Å². The quantitative estimate of drug-likeness (QED) is 0.896. The SMILES string of the molecule is NC(=O)Cc1ccccc1NC(=O)N1CC=C(c2cccs2)CC1. The van der Waals surface area contributed by atoms with Crippen molar-refractivity contribution in [2.45, 2.75) is 12.8 Å². The van der Waals surface area contributed by atoms with E-state index in [1.165, 1.54) is 10.5 Å². The minimum atomic E-state index is -0.418. The van der Waals surface area contributed by atoms with Crippen molar-refractivity contribution in [1.82, 2.24) is 4.90 Å². The van der Waals surface area contributed by atoms with Crippen LogP contribution in [-0.2, 0) is 11.2 Å². The lowest BCUT2D eigenvalue weighted by atomic mass is 10.1. The molecule has 1 aromatic carbocycles. The average molecular weight is 341 g/mol. The fourth-order valence-electron chi connectivity index (χ4n) is 2.72. The highest BCUT2D eigenvalue weighted by atomic mass is 32.1. The minimum Gasteiger partial charge on any atom is -0.369 e. The van der Waals surface area contributed by atoms with Crippen LogP contribution in [0.1, 0.15) is 16.9 Å². The smallest absolute Gasteiger partial charge is 0.322 e. The summed E-state index contributed by atoms with van der Waals surface area (Å²) in [6.07, 6.45) is 3.06. The van der Waals surface area contributed by atoms with Gasteiger partial charge in [-0.2, -0.15) is 0 Å². The normalized spacial score (nSPS) is 14.2. The Hall–Kier alpha value is -2.60. The summed E-state index contributed by atoms with van der Waals surface area (Å²) in [5, 5.41) is 4.95. The maximum Gasteiger partial charge on any atom is 0.322 e. The lowest BCUT2D eigenvalue weighted by molar-refractivity contribution is -0.117. The zero-order valence-corrected chi connectivity index (χ0v) is 14.0. The number of hydrogen-bond acceptors (Lipinski definition) is 3. The summed E-state index contributed by atoms with van der Waals surface area (Å²) in [5.41, 5.74) is 7.92. The molecule has 5 nitrogen and oxygen atoms in total. The van der Waals surface area contributed by atoms with Crippen LogP contribution >= 0.6 is 11.3 Å². The topological polar surface area (TPSA) is 75.4 Å². The maximum atomic E-state index is 12.5. The summed E-state index contributed by atoms with van der Waals surface area (Å²) in [4.78, 5) is 26.6. The predicted octanol–water partition coefficient (Wildman–Crippen LogP) is 3.10. The van der Waals surface area contributed by atoms with Crippen molar-refractivity contribution < 1.29 is 9.59 Å². The Morgan fingerprint density at radius 3 is 2.71 bits per heavy atom. The molecule has 0 saturated heterocycles. The van der Waals surface area contributed by atoms with Gasteiger partial charge < -0.3 is 16.0 Å². The Morgan fingerprint density at radius 2 is 2.04 bits per heavy atom. The van der Waals surface area contributed by atoms with E-state index in [1.54, 1.807) is 28.4 Å². The zero-order valence-electron chi connectivity index (χ0n) is 13.2. The fraction of sp³-hybridized carbons (Fsp3) is 0.222. The molecule has 24 heavy (non-hydrogen) atoms. The van der Waals surface area contributed by atoms with Crippen LogP contribution in [0, 0.1) is 0 Å². The molecule has 0 saturated carbocycles. The van der Waals surface area contributed by atoms with Crippen LogP contribution in [0.25, 0.3) is 5.57 Å². The second-order valence-corrected chi connectivity index (χ2v) is 6.58. The molecule has 3 rings (SSSR count). The first-order valence-electron chi connectivity index (χ1n) is 7.78. The molecule has 6 heteroatoms. The lowest BCUT2D eigenvalue weighted by Gasteiger charge is -2.26. The van der Waals surface area contributed by atoms with Crippen molar-refractivity contribution in [1.29, 1.82) is 0 Å². The second-order valence-electron chi connectivity index (χ2n) is 5.63. The van der Waals surface area contributed by atoms with Crippen LogP contribution in [0.15, 0.2) is 47.9 Å². The standard InChI is InChI=1S/C18H19N3O2S/c19-17(22)12-14-4-1-2-5-15(14)20-18(23)21-9-7-13(8-10-21)16-6-3-11-24-16/h1-7,11H,8-10,12H2,(H2,19,22)(H,20,23). The second kappa shape index (κ2) is 7.31. The lowest BCUT2D eigenvalue weighted by Crippen LogP contribution is -2.38. The average Bonchev–Trinajstić information content (AvgIpc) is 3.11. The van der Waals surface area contributed by atoms with Gasteiger partial charge in [0, 0.05) is 23.7 Å². The van der Waals surface area contributed by atoms with E-state index in [-0.39, 0.29) is 12.5 Å². The van der Waals surface area contributed by atoms with Crippen LogP contribution < -0.4 is 11.1 Å². The number of nitrogens with one attached hydrogen (secondary N) is 1. The number of hydrogen-bond donors (Lipinski definition) is 2. The molecule has 0 radical (unpaired) electrons. The molecule has 0 atom stereocenters. The Bertz CT molecular complexity index is 768. The van der Waals surface area contributed by atoms with Crippen LogP contribution in [0.2, 0.25) is 0 Å². The number of nitrogens with zero attached hydrogens (tertiary/aromatic N) is 1. The highest BCUT2D eigenvalue weighted by molar-refractivity contribution is 7.11. The number of thiophene rings is 1. The predicted molar refractivity (Wildman–Crippen MR) is 96.8 cm³/mol. The van der Waals surface area contributed by atoms with Gasteiger partial charge in [0.25, 0.3) is 0 Å². The van der Waals surface area contributed by atoms with E-state index < -0.39 is 5.91 Å². The first kappa shape index (κ1) is 16.3. The van der Waals surface area contributed by atoms with Crippen molar-refractivity contribution >= 4 is 34.5 Å². The molecular formula is C18H19N3O2S. The van der Waals surface area contributed by atoms with Crippen molar-refractivity contribution in [2.75, 3.05) is 18.4 Å². The van der Waals surface area contributed by atoms with Gasteiger partial charge in [0.2, 0.25) is 5.91 Å². The molecule has 2 aromatic rings. The first-order valence-corrected chi connectivity index (χ1v) is 8.66. The van der Waals surface area contributed by atoms with Gasteiger partial charge in [-0.05, 0) is 35.1 Å². The van der Waals surface area contributed by atoms with E-state index in [2.05, 4.69) is 22.8 Å². The van der Waals surface area contributed by atoms with Crippen LogP contribution in [0.5, 0.6) is 0 Å². The van der Waals surface area contributed by atoms with Crippen LogP contribution in [-0.4, -0.2) is 29.9 Å². The van der Waals surface area contributed by atoms with Gasteiger partial charge in [0.15, 0.2) is 0 Å². The minimum absolute atomic E-state index is 0.110. The number of nitrogens with two attached hydrogens (primary N) is 1. The number of primary amides is 1. The van der Waals surface area contributed by atoms with Crippen LogP contribution in [0.4, 0.5) is 10.5 Å². The third-order valence-electron chi connectivity index (χ3n) is 3.96. The molecular weight excluding hydrogens is 322 g/mol. The van der Waals surface area contributed by atoms with E-state index in [4.69, 9.17) is 5.73 Å². The van der Waals surface area contributed by atoms with Crippen molar-refractivity contribution in [2.24, 2.45) is 5.73 Å². The summed E-state index contributed by atoms with van der Waals surface area (Å²) < 4.78 is 0. The largest absolute Gasteiger partial charge is 0.369 e. The highest BCUT2D eigenvalue weighted by Crippen LogP contribution is 2.26. The molecule has 1 aromatic heterocycles. The van der Waals surface area contributed by atoms with Gasteiger partial charge in [-0.15, -0.1) is 11.3 Å². The van der Waals surface area contributed by atoms with Crippen molar-refractivity contribution in [3.63, 3.8) is 0 Å². The van der Waals surface area contributed by atoms with Gasteiger partial charge >= 0.3 is 6.03 Å². The van der Waals surface area contributed by atoms with Gasteiger partial charge in [0.1, 0.15) is 0 Å². The molecule has 1 aliphatic heterocycles. The monoisotopic (exact) mass is 341 g/mol. The molecule has 0 spiro atoms. The van der Waals surface area contributed by atoms with E-state index in [0.717, 1.165) is 12.0 Å².